The first-order valence-corrected chi connectivity index (χ1v) is 7.53. The molecule has 1 aromatic rings. The predicted molar refractivity (Wildman–Crippen MR) is 73.3 cm³/mol. The Bertz CT molecular complexity index is 495. The van der Waals surface area contributed by atoms with Gasteiger partial charge in [-0.2, -0.15) is 13.2 Å². The van der Waals surface area contributed by atoms with E-state index >= 15 is 0 Å². The fraction of sp³-hybridized carbons (Fsp3) is 0.462. The minimum absolute atomic E-state index is 0.0170. The Kier molecular flexibility index (Phi) is 4.40. The van der Waals surface area contributed by atoms with Crippen molar-refractivity contribution in [1.29, 1.82) is 0 Å². The second kappa shape index (κ2) is 5.56. The lowest BCUT2D eigenvalue weighted by molar-refractivity contribution is -0.138. The Morgan fingerprint density at radius 2 is 2.00 bits per heavy atom. The summed E-state index contributed by atoms with van der Waals surface area (Å²) in [5, 5.41) is 0. The zero-order chi connectivity index (χ0) is 14.2. The van der Waals surface area contributed by atoms with Gasteiger partial charge in [0.1, 0.15) is 5.78 Å². The van der Waals surface area contributed by atoms with E-state index in [1.165, 1.54) is 6.07 Å². The Balaban J connectivity index is 2.14. The van der Waals surface area contributed by atoms with Crippen LogP contribution in [-0.2, 0) is 17.4 Å². The molecule has 0 aromatic heterocycles. The zero-order valence-electron chi connectivity index (χ0n) is 9.81. The maximum atomic E-state index is 12.8. The van der Waals surface area contributed by atoms with Crippen LogP contribution >= 0.6 is 31.9 Å². The minimum Gasteiger partial charge on any atom is -0.298 e. The standard InChI is InChI=1S/C13H11Br2F3O/c14-10-4-1-7(5-9(10)13(16,17)18)6-11(15)12(19)8-2-3-8/h1,4-5,8,11H,2-3,6H2. The summed E-state index contributed by atoms with van der Waals surface area (Å²) in [4.78, 5) is 11.4. The summed E-state index contributed by atoms with van der Waals surface area (Å²) >= 11 is 6.17. The number of benzene rings is 1. The van der Waals surface area contributed by atoms with Crippen LogP contribution in [0.1, 0.15) is 24.0 Å². The summed E-state index contributed by atoms with van der Waals surface area (Å²) in [7, 11) is 0. The van der Waals surface area contributed by atoms with Gasteiger partial charge in [-0.05, 0) is 37.0 Å². The summed E-state index contributed by atoms with van der Waals surface area (Å²) < 4.78 is 38.3. The van der Waals surface area contributed by atoms with Gasteiger partial charge in [-0.25, -0.2) is 0 Å². The van der Waals surface area contributed by atoms with Gasteiger partial charge in [0, 0.05) is 10.4 Å². The van der Waals surface area contributed by atoms with Crippen LogP contribution in [0.2, 0.25) is 0 Å². The van der Waals surface area contributed by atoms with Crippen molar-refractivity contribution in [2.24, 2.45) is 5.92 Å². The van der Waals surface area contributed by atoms with Crippen molar-refractivity contribution in [3.8, 4) is 0 Å². The lowest BCUT2D eigenvalue weighted by Gasteiger charge is -2.13. The smallest absolute Gasteiger partial charge is 0.298 e. The van der Waals surface area contributed by atoms with Gasteiger partial charge in [0.2, 0.25) is 0 Å². The molecule has 0 amide bonds. The van der Waals surface area contributed by atoms with Crippen LogP contribution in [-0.4, -0.2) is 10.6 Å². The molecule has 0 radical (unpaired) electrons. The van der Waals surface area contributed by atoms with Gasteiger partial charge >= 0.3 is 6.18 Å². The highest BCUT2D eigenvalue weighted by Gasteiger charge is 2.35. The maximum absolute atomic E-state index is 12.8. The normalized spacial score (nSPS) is 17.3. The maximum Gasteiger partial charge on any atom is 0.417 e. The molecule has 0 aliphatic heterocycles. The van der Waals surface area contributed by atoms with Crippen molar-refractivity contribution in [3.05, 3.63) is 33.8 Å². The van der Waals surface area contributed by atoms with Crippen molar-refractivity contribution in [2.75, 3.05) is 0 Å². The Labute approximate surface area is 125 Å². The molecular weight excluding hydrogens is 389 g/mol. The molecule has 2 rings (SSSR count). The molecule has 0 spiro atoms. The molecule has 1 aliphatic carbocycles. The highest BCUT2D eigenvalue weighted by Crippen LogP contribution is 2.37. The van der Waals surface area contributed by atoms with Crippen molar-refractivity contribution < 1.29 is 18.0 Å². The van der Waals surface area contributed by atoms with E-state index < -0.39 is 16.6 Å². The van der Waals surface area contributed by atoms with E-state index in [9.17, 15) is 18.0 Å². The number of hydrogen-bond donors (Lipinski definition) is 0. The third-order valence-corrected chi connectivity index (χ3v) is 4.51. The first kappa shape index (κ1) is 15.0. The molecule has 0 saturated heterocycles. The van der Waals surface area contributed by atoms with Crippen LogP contribution in [0.4, 0.5) is 13.2 Å². The lowest BCUT2D eigenvalue weighted by atomic mass is 10.0. The van der Waals surface area contributed by atoms with Crippen LogP contribution in [0.25, 0.3) is 0 Å². The SMILES string of the molecule is O=C(C(Br)Cc1ccc(Br)c(C(F)(F)F)c1)C1CC1. The van der Waals surface area contributed by atoms with Crippen molar-refractivity contribution in [3.63, 3.8) is 0 Å². The summed E-state index contributed by atoms with van der Waals surface area (Å²) in [5.74, 6) is 0.193. The molecule has 1 saturated carbocycles. The van der Waals surface area contributed by atoms with Crippen LogP contribution in [0, 0.1) is 5.92 Å². The number of ketones is 1. The first-order chi connectivity index (χ1) is 8.79. The van der Waals surface area contributed by atoms with E-state index in [1.54, 1.807) is 6.07 Å². The summed E-state index contributed by atoms with van der Waals surface area (Å²) in [5.41, 5.74) is -0.199. The molecule has 1 unspecified atom stereocenters. The fourth-order valence-corrected chi connectivity index (χ4v) is 3.07. The molecule has 19 heavy (non-hydrogen) atoms. The highest BCUT2D eigenvalue weighted by molar-refractivity contribution is 9.10. The molecule has 6 heteroatoms. The zero-order valence-corrected chi connectivity index (χ0v) is 13.0. The van der Waals surface area contributed by atoms with Crippen molar-refractivity contribution in [2.45, 2.75) is 30.3 Å². The van der Waals surface area contributed by atoms with Crippen LogP contribution < -0.4 is 0 Å². The number of rotatable bonds is 4. The summed E-state index contributed by atoms with van der Waals surface area (Å²) in [6.07, 6.45) is -2.31. The first-order valence-electron chi connectivity index (χ1n) is 5.82. The van der Waals surface area contributed by atoms with Gasteiger partial charge in [0.25, 0.3) is 0 Å². The molecule has 1 aliphatic rings. The van der Waals surface area contributed by atoms with Crippen LogP contribution in [0.3, 0.4) is 0 Å². The molecule has 1 fully saturated rings. The molecule has 1 atom stereocenters. The fourth-order valence-electron chi connectivity index (χ4n) is 1.85. The van der Waals surface area contributed by atoms with E-state index in [2.05, 4.69) is 31.9 Å². The number of carbonyl (C=O) groups is 1. The van der Waals surface area contributed by atoms with Gasteiger partial charge in [-0.3, -0.25) is 4.79 Å². The second-order valence-electron chi connectivity index (χ2n) is 4.66. The molecule has 104 valence electrons. The third-order valence-electron chi connectivity index (χ3n) is 3.04. The molecule has 0 heterocycles. The van der Waals surface area contributed by atoms with E-state index in [0.717, 1.165) is 18.9 Å². The number of halogens is 5. The van der Waals surface area contributed by atoms with E-state index in [0.29, 0.717) is 5.56 Å². The van der Waals surface area contributed by atoms with Crippen LogP contribution in [0.15, 0.2) is 22.7 Å². The molecule has 0 N–H and O–H groups in total. The highest BCUT2D eigenvalue weighted by atomic mass is 79.9. The van der Waals surface area contributed by atoms with Gasteiger partial charge in [-0.1, -0.05) is 37.9 Å². The van der Waals surface area contributed by atoms with Crippen LogP contribution in [0.5, 0.6) is 0 Å². The van der Waals surface area contributed by atoms with E-state index in [1.807, 2.05) is 0 Å². The largest absolute Gasteiger partial charge is 0.417 e. The monoisotopic (exact) mass is 398 g/mol. The molecular formula is C13H11Br2F3O. The van der Waals surface area contributed by atoms with Crippen molar-refractivity contribution in [1.82, 2.24) is 0 Å². The lowest BCUT2D eigenvalue weighted by Crippen LogP contribution is -2.18. The number of hydrogen-bond acceptors (Lipinski definition) is 1. The van der Waals surface area contributed by atoms with Gasteiger partial charge in [-0.15, -0.1) is 0 Å². The average Bonchev–Trinajstić information content (AvgIpc) is 3.13. The van der Waals surface area contributed by atoms with Crippen molar-refractivity contribution >= 4 is 37.6 Å². The topological polar surface area (TPSA) is 17.1 Å². The Hall–Kier alpha value is -0.360. The molecule has 1 nitrogen and oxygen atoms in total. The molecule has 1 aromatic carbocycles. The Morgan fingerprint density at radius 1 is 1.37 bits per heavy atom. The van der Waals surface area contributed by atoms with E-state index in [-0.39, 0.29) is 22.6 Å². The number of carbonyl (C=O) groups excluding carboxylic acids is 1. The average molecular weight is 400 g/mol. The number of alkyl halides is 4. The number of Topliss-reactive ketones (excluding diaryl/α,β-unsaturated/α-hetero) is 1. The second-order valence-corrected chi connectivity index (χ2v) is 6.62. The summed E-state index contributed by atoms with van der Waals surface area (Å²) in [6.45, 7) is 0. The van der Waals surface area contributed by atoms with Gasteiger partial charge in [0.05, 0.1) is 10.4 Å². The summed E-state index contributed by atoms with van der Waals surface area (Å²) in [6, 6.07) is 4.08. The van der Waals surface area contributed by atoms with Gasteiger partial charge < -0.3 is 0 Å². The quantitative estimate of drug-likeness (QED) is 0.667. The Morgan fingerprint density at radius 3 is 2.53 bits per heavy atom. The minimum atomic E-state index is -4.39. The predicted octanol–water partition coefficient (Wildman–Crippen LogP) is 4.75. The third kappa shape index (κ3) is 3.81. The van der Waals surface area contributed by atoms with Gasteiger partial charge in [0.15, 0.2) is 0 Å². The molecule has 0 bridgehead atoms. The van der Waals surface area contributed by atoms with E-state index in [4.69, 9.17) is 0 Å².